The van der Waals surface area contributed by atoms with Crippen molar-refractivity contribution in [3.05, 3.63) is 61.3 Å². The summed E-state index contributed by atoms with van der Waals surface area (Å²) in [7, 11) is 2.17. The summed E-state index contributed by atoms with van der Waals surface area (Å²) in [6.07, 6.45) is 9.30. The fourth-order valence-corrected chi connectivity index (χ4v) is 3.16. The number of rotatable bonds is 3. The maximum Gasteiger partial charge on any atom is 0.136 e. The van der Waals surface area contributed by atoms with Crippen molar-refractivity contribution < 1.29 is 0 Å². The number of hydrogen-bond donors (Lipinski definition) is 0. The summed E-state index contributed by atoms with van der Waals surface area (Å²) >= 11 is 0. The van der Waals surface area contributed by atoms with E-state index in [4.69, 9.17) is 4.98 Å². The fraction of sp³-hybridized carbons (Fsp3) is 0.250. The molecular formula is C20H21N5. The number of hydrogen-bond acceptors (Lipinski definition) is 5. The third-order valence-corrected chi connectivity index (χ3v) is 4.66. The number of pyridine rings is 3. The van der Waals surface area contributed by atoms with Crippen LogP contribution in [-0.4, -0.2) is 53.1 Å². The van der Waals surface area contributed by atoms with Crippen LogP contribution in [0.15, 0.2) is 61.3 Å². The van der Waals surface area contributed by atoms with Crippen LogP contribution in [0, 0.1) is 0 Å². The van der Waals surface area contributed by atoms with E-state index in [0.29, 0.717) is 0 Å². The standard InChI is InChI=1S/C20H21N5/c1-24-9-11-25(12-10-24)20-19(17-3-2-6-22-14-17)13-18(15-23-20)16-4-7-21-8-5-16/h2-8,13-15H,9-12H2,1H3. The molecule has 126 valence electrons. The van der Waals surface area contributed by atoms with E-state index in [2.05, 4.69) is 38.9 Å². The first-order valence-electron chi connectivity index (χ1n) is 8.55. The summed E-state index contributed by atoms with van der Waals surface area (Å²) in [5.41, 5.74) is 4.45. The molecule has 25 heavy (non-hydrogen) atoms. The molecule has 5 nitrogen and oxygen atoms in total. The summed E-state index contributed by atoms with van der Waals surface area (Å²) in [6.45, 7) is 4.09. The smallest absolute Gasteiger partial charge is 0.136 e. The van der Waals surface area contributed by atoms with E-state index in [-0.39, 0.29) is 0 Å². The lowest BCUT2D eigenvalue weighted by atomic mass is 10.0. The maximum absolute atomic E-state index is 4.84. The highest BCUT2D eigenvalue weighted by molar-refractivity contribution is 5.80. The molecule has 1 aliphatic rings. The molecule has 3 aromatic heterocycles. The number of nitrogens with zero attached hydrogens (tertiary/aromatic N) is 5. The molecule has 0 unspecified atom stereocenters. The van der Waals surface area contributed by atoms with Gasteiger partial charge in [-0.05, 0) is 36.9 Å². The Kier molecular flexibility index (Phi) is 4.39. The predicted octanol–water partition coefficient (Wildman–Crippen LogP) is 2.96. The molecule has 0 N–H and O–H groups in total. The van der Waals surface area contributed by atoms with Gasteiger partial charge in [-0.15, -0.1) is 0 Å². The predicted molar refractivity (Wildman–Crippen MR) is 100 cm³/mol. The van der Waals surface area contributed by atoms with Gasteiger partial charge in [0.2, 0.25) is 0 Å². The van der Waals surface area contributed by atoms with Crippen LogP contribution in [0.25, 0.3) is 22.3 Å². The van der Waals surface area contributed by atoms with E-state index in [1.807, 2.05) is 43.0 Å². The normalized spacial score (nSPS) is 15.3. The molecule has 0 spiro atoms. The molecule has 1 fully saturated rings. The zero-order valence-corrected chi connectivity index (χ0v) is 14.3. The SMILES string of the molecule is CN1CCN(c2ncc(-c3ccncc3)cc2-c2cccnc2)CC1. The monoisotopic (exact) mass is 331 g/mol. The van der Waals surface area contributed by atoms with Crippen LogP contribution in [0.5, 0.6) is 0 Å². The Morgan fingerprint density at radius 3 is 2.32 bits per heavy atom. The highest BCUT2D eigenvalue weighted by Crippen LogP contribution is 2.33. The third-order valence-electron chi connectivity index (χ3n) is 4.66. The lowest BCUT2D eigenvalue weighted by Crippen LogP contribution is -2.45. The number of aromatic nitrogens is 3. The van der Waals surface area contributed by atoms with Crippen molar-refractivity contribution in [2.24, 2.45) is 0 Å². The Labute approximate surface area is 148 Å². The lowest BCUT2D eigenvalue weighted by Gasteiger charge is -2.34. The van der Waals surface area contributed by atoms with Crippen molar-refractivity contribution in [1.29, 1.82) is 0 Å². The fourth-order valence-electron chi connectivity index (χ4n) is 3.16. The zero-order valence-electron chi connectivity index (χ0n) is 14.3. The van der Waals surface area contributed by atoms with Crippen LogP contribution >= 0.6 is 0 Å². The van der Waals surface area contributed by atoms with Gasteiger partial charge in [-0.25, -0.2) is 4.98 Å². The van der Waals surface area contributed by atoms with E-state index < -0.39 is 0 Å². The first-order valence-corrected chi connectivity index (χ1v) is 8.55. The van der Waals surface area contributed by atoms with Crippen LogP contribution in [0.2, 0.25) is 0 Å². The van der Waals surface area contributed by atoms with Crippen molar-refractivity contribution in [3.63, 3.8) is 0 Å². The van der Waals surface area contributed by atoms with E-state index in [0.717, 1.165) is 54.3 Å². The van der Waals surface area contributed by atoms with Crippen LogP contribution in [0.4, 0.5) is 5.82 Å². The topological polar surface area (TPSA) is 45.2 Å². The molecule has 0 aromatic carbocycles. The molecule has 1 saturated heterocycles. The number of anilines is 1. The molecule has 1 aliphatic heterocycles. The van der Waals surface area contributed by atoms with Gasteiger partial charge in [0, 0.05) is 73.9 Å². The van der Waals surface area contributed by atoms with Gasteiger partial charge in [0.05, 0.1) is 0 Å². The second-order valence-corrected chi connectivity index (χ2v) is 6.36. The van der Waals surface area contributed by atoms with Crippen LogP contribution in [0.1, 0.15) is 0 Å². The minimum Gasteiger partial charge on any atom is -0.354 e. The Morgan fingerprint density at radius 1 is 0.800 bits per heavy atom. The second-order valence-electron chi connectivity index (χ2n) is 6.36. The molecule has 0 amide bonds. The number of likely N-dealkylation sites (N-methyl/N-ethyl adjacent to an activating group) is 1. The van der Waals surface area contributed by atoms with Gasteiger partial charge in [0.25, 0.3) is 0 Å². The van der Waals surface area contributed by atoms with Crippen molar-refractivity contribution in [3.8, 4) is 22.3 Å². The summed E-state index contributed by atoms with van der Waals surface area (Å²) in [6, 6.07) is 10.3. The lowest BCUT2D eigenvalue weighted by molar-refractivity contribution is 0.312. The van der Waals surface area contributed by atoms with Gasteiger partial charge < -0.3 is 9.80 Å². The highest BCUT2D eigenvalue weighted by atomic mass is 15.3. The summed E-state index contributed by atoms with van der Waals surface area (Å²) < 4.78 is 0. The van der Waals surface area contributed by atoms with Gasteiger partial charge in [0.15, 0.2) is 0 Å². The molecule has 0 radical (unpaired) electrons. The summed E-state index contributed by atoms with van der Waals surface area (Å²) in [4.78, 5) is 18.0. The van der Waals surface area contributed by atoms with Gasteiger partial charge in [0.1, 0.15) is 5.82 Å². The van der Waals surface area contributed by atoms with Crippen LogP contribution in [0.3, 0.4) is 0 Å². The third kappa shape index (κ3) is 3.37. The Balaban J connectivity index is 1.78. The second kappa shape index (κ2) is 6.99. The van der Waals surface area contributed by atoms with Crippen molar-refractivity contribution in [2.45, 2.75) is 0 Å². The molecule has 5 heteroatoms. The van der Waals surface area contributed by atoms with E-state index in [9.17, 15) is 0 Å². The van der Waals surface area contributed by atoms with Gasteiger partial charge in [-0.3, -0.25) is 9.97 Å². The Morgan fingerprint density at radius 2 is 1.60 bits per heavy atom. The van der Waals surface area contributed by atoms with E-state index >= 15 is 0 Å². The van der Waals surface area contributed by atoms with Gasteiger partial charge in [-0.2, -0.15) is 0 Å². The van der Waals surface area contributed by atoms with Gasteiger partial charge >= 0.3 is 0 Å². The molecule has 3 aromatic rings. The minimum absolute atomic E-state index is 0.991. The van der Waals surface area contributed by atoms with E-state index in [1.165, 1.54) is 0 Å². The maximum atomic E-state index is 4.84. The highest BCUT2D eigenvalue weighted by Gasteiger charge is 2.19. The first-order chi connectivity index (χ1) is 12.3. The molecule has 0 atom stereocenters. The number of piperazine rings is 1. The summed E-state index contributed by atoms with van der Waals surface area (Å²) in [5, 5.41) is 0. The average Bonchev–Trinajstić information content (AvgIpc) is 2.70. The van der Waals surface area contributed by atoms with Crippen LogP contribution < -0.4 is 4.90 Å². The van der Waals surface area contributed by atoms with Crippen molar-refractivity contribution >= 4 is 5.82 Å². The molecule has 4 rings (SSSR count). The van der Waals surface area contributed by atoms with Crippen LogP contribution in [-0.2, 0) is 0 Å². The molecule has 0 saturated carbocycles. The first kappa shape index (κ1) is 15.7. The Bertz CT molecular complexity index is 827. The molecule has 0 aliphatic carbocycles. The largest absolute Gasteiger partial charge is 0.354 e. The Hall–Kier alpha value is -2.79. The molecular weight excluding hydrogens is 310 g/mol. The van der Waals surface area contributed by atoms with Crippen molar-refractivity contribution in [1.82, 2.24) is 19.9 Å². The molecule has 0 bridgehead atoms. The summed E-state index contributed by atoms with van der Waals surface area (Å²) in [5.74, 6) is 1.04. The quantitative estimate of drug-likeness (QED) is 0.738. The van der Waals surface area contributed by atoms with Gasteiger partial charge in [-0.1, -0.05) is 6.07 Å². The molecule has 4 heterocycles. The minimum atomic E-state index is 0.991. The zero-order chi connectivity index (χ0) is 17.1. The van der Waals surface area contributed by atoms with E-state index in [1.54, 1.807) is 6.20 Å². The average molecular weight is 331 g/mol. The van der Waals surface area contributed by atoms with Crippen molar-refractivity contribution in [2.75, 3.05) is 38.1 Å².